The van der Waals surface area contributed by atoms with Gasteiger partial charge >= 0.3 is 0 Å². The Morgan fingerprint density at radius 2 is 2.06 bits per heavy atom. The smallest absolute Gasteiger partial charge is 0.237 e. The van der Waals surface area contributed by atoms with Gasteiger partial charge in [-0.3, -0.25) is 4.79 Å². The van der Waals surface area contributed by atoms with Crippen LogP contribution in [0, 0.1) is 0 Å². The zero-order chi connectivity index (χ0) is 12.7. The zero-order valence-corrected chi connectivity index (χ0v) is 10.1. The number of nitrogens with one attached hydrogen (secondary N) is 1. The lowest BCUT2D eigenvalue weighted by molar-refractivity contribution is -0.123. The summed E-state index contributed by atoms with van der Waals surface area (Å²) >= 11 is 0. The van der Waals surface area contributed by atoms with Crippen molar-refractivity contribution in [2.24, 2.45) is 5.73 Å². The molecule has 4 heteroatoms. The molecule has 17 heavy (non-hydrogen) atoms. The maximum Gasteiger partial charge on any atom is 0.237 e. The van der Waals surface area contributed by atoms with Crippen LogP contribution in [0.25, 0.3) is 0 Å². The molecule has 1 aromatic rings. The van der Waals surface area contributed by atoms with E-state index < -0.39 is 6.04 Å². The van der Waals surface area contributed by atoms with Gasteiger partial charge < -0.3 is 16.2 Å². The maximum atomic E-state index is 11.6. The van der Waals surface area contributed by atoms with Crippen LogP contribution in [0.15, 0.2) is 30.3 Å². The average Bonchev–Trinajstić information content (AvgIpc) is 2.38. The zero-order valence-electron chi connectivity index (χ0n) is 10.1. The molecule has 0 saturated heterocycles. The minimum atomic E-state index is -0.500. The normalized spacial score (nSPS) is 14.1. The van der Waals surface area contributed by atoms with E-state index in [-0.39, 0.29) is 18.6 Å². The van der Waals surface area contributed by atoms with Gasteiger partial charge in [-0.25, -0.2) is 0 Å². The maximum absolute atomic E-state index is 11.6. The van der Waals surface area contributed by atoms with Gasteiger partial charge in [0.25, 0.3) is 0 Å². The van der Waals surface area contributed by atoms with E-state index in [1.165, 1.54) is 0 Å². The molecule has 0 unspecified atom stereocenters. The van der Waals surface area contributed by atoms with Crippen LogP contribution >= 0.6 is 0 Å². The van der Waals surface area contributed by atoms with Crippen LogP contribution < -0.4 is 11.1 Å². The number of benzene rings is 1. The van der Waals surface area contributed by atoms with E-state index in [1.54, 1.807) is 0 Å². The third-order valence-electron chi connectivity index (χ3n) is 2.67. The van der Waals surface area contributed by atoms with E-state index in [2.05, 4.69) is 5.32 Å². The van der Waals surface area contributed by atoms with Crippen molar-refractivity contribution in [2.45, 2.75) is 31.8 Å². The predicted octanol–water partition coefficient (Wildman–Crippen LogP) is 0.444. The van der Waals surface area contributed by atoms with Crippen LogP contribution in [0.4, 0.5) is 0 Å². The minimum Gasteiger partial charge on any atom is -0.394 e. The number of carbonyl (C=O) groups is 1. The topological polar surface area (TPSA) is 75.4 Å². The quantitative estimate of drug-likeness (QED) is 0.671. The minimum absolute atomic E-state index is 0.0862. The molecule has 0 aliphatic rings. The number of nitrogens with two attached hydrogens (primary N) is 1. The summed E-state index contributed by atoms with van der Waals surface area (Å²) < 4.78 is 0. The van der Waals surface area contributed by atoms with Gasteiger partial charge in [-0.2, -0.15) is 0 Å². The van der Waals surface area contributed by atoms with Crippen LogP contribution in [0.1, 0.15) is 18.9 Å². The Hall–Kier alpha value is -1.39. The Balaban J connectivity index is 2.52. The number of hydrogen-bond donors (Lipinski definition) is 3. The van der Waals surface area contributed by atoms with Gasteiger partial charge in [-0.1, -0.05) is 37.3 Å². The molecule has 0 aliphatic carbocycles. The molecule has 0 bridgehead atoms. The van der Waals surface area contributed by atoms with Crippen LogP contribution in [-0.4, -0.2) is 29.7 Å². The molecule has 4 N–H and O–H groups in total. The van der Waals surface area contributed by atoms with Crippen molar-refractivity contribution in [2.75, 3.05) is 6.61 Å². The summed E-state index contributed by atoms with van der Waals surface area (Å²) in [6.45, 7) is 1.77. The Morgan fingerprint density at radius 3 is 2.59 bits per heavy atom. The Morgan fingerprint density at radius 1 is 1.41 bits per heavy atom. The van der Waals surface area contributed by atoms with Gasteiger partial charge in [0.15, 0.2) is 0 Å². The van der Waals surface area contributed by atoms with E-state index in [0.29, 0.717) is 12.8 Å². The molecule has 4 nitrogen and oxygen atoms in total. The Kier molecular flexibility index (Phi) is 5.66. The van der Waals surface area contributed by atoms with E-state index in [1.807, 2.05) is 37.3 Å². The van der Waals surface area contributed by atoms with Gasteiger partial charge in [-0.05, 0) is 18.4 Å². The van der Waals surface area contributed by atoms with E-state index in [0.717, 1.165) is 5.56 Å². The molecule has 0 aliphatic heterocycles. The molecule has 1 amide bonds. The first kappa shape index (κ1) is 13.7. The molecular formula is C13H20N2O2. The highest BCUT2D eigenvalue weighted by atomic mass is 16.3. The molecule has 0 radical (unpaired) electrons. The summed E-state index contributed by atoms with van der Waals surface area (Å²) in [5, 5.41) is 12.0. The van der Waals surface area contributed by atoms with Crippen molar-refractivity contribution in [3.05, 3.63) is 35.9 Å². The van der Waals surface area contributed by atoms with Crippen LogP contribution in [-0.2, 0) is 11.2 Å². The number of aliphatic hydroxyl groups is 1. The number of rotatable bonds is 6. The first-order chi connectivity index (χ1) is 8.17. The lowest BCUT2D eigenvalue weighted by atomic mass is 10.1. The highest BCUT2D eigenvalue weighted by molar-refractivity contribution is 5.81. The lowest BCUT2D eigenvalue weighted by Gasteiger charge is -2.18. The number of aliphatic hydroxyl groups excluding tert-OH is 1. The van der Waals surface area contributed by atoms with Gasteiger partial charge in [0.1, 0.15) is 0 Å². The number of amides is 1. The third-order valence-corrected chi connectivity index (χ3v) is 2.67. The van der Waals surface area contributed by atoms with Crippen molar-refractivity contribution < 1.29 is 9.90 Å². The molecule has 0 fully saturated rings. The summed E-state index contributed by atoms with van der Waals surface area (Å²) in [6, 6.07) is 8.96. The second kappa shape index (κ2) is 7.04. The fourth-order valence-corrected chi connectivity index (χ4v) is 1.55. The molecule has 1 aromatic carbocycles. The van der Waals surface area contributed by atoms with Gasteiger partial charge in [0, 0.05) is 0 Å². The van der Waals surface area contributed by atoms with Crippen LogP contribution in [0.3, 0.4) is 0 Å². The molecule has 0 heterocycles. The second-order valence-electron chi connectivity index (χ2n) is 4.09. The van der Waals surface area contributed by atoms with Gasteiger partial charge in [0.05, 0.1) is 18.7 Å². The van der Waals surface area contributed by atoms with Crippen molar-refractivity contribution in [1.29, 1.82) is 0 Å². The van der Waals surface area contributed by atoms with Crippen LogP contribution in [0.5, 0.6) is 0 Å². The molecule has 2 atom stereocenters. The monoisotopic (exact) mass is 236 g/mol. The van der Waals surface area contributed by atoms with E-state index >= 15 is 0 Å². The lowest BCUT2D eigenvalue weighted by Crippen LogP contribution is -2.47. The van der Waals surface area contributed by atoms with Crippen molar-refractivity contribution in [3.8, 4) is 0 Å². The van der Waals surface area contributed by atoms with Crippen molar-refractivity contribution in [1.82, 2.24) is 5.32 Å². The standard InChI is InChI=1S/C13H20N2O2/c1-2-12(14)13(17)15-11(9-16)8-10-6-4-3-5-7-10/h3-7,11-12,16H,2,8-9,14H2,1H3,(H,15,17)/t11-,12-/m1/s1. The second-order valence-corrected chi connectivity index (χ2v) is 4.09. The molecule has 1 rings (SSSR count). The summed E-state index contributed by atoms with van der Waals surface area (Å²) in [5.41, 5.74) is 6.70. The van der Waals surface area contributed by atoms with E-state index in [9.17, 15) is 9.90 Å². The SMILES string of the molecule is CC[C@@H](N)C(=O)N[C@@H](CO)Cc1ccccc1. The highest BCUT2D eigenvalue weighted by Gasteiger charge is 2.16. The fourth-order valence-electron chi connectivity index (χ4n) is 1.55. The number of carbonyl (C=O) groups excluding carboxylic acids is 1. The first-order valence-electron chi connectivity index (χ1n) is 5.88. The molecule has 0 aromatic heterocycles. The Bertz CT molecular complexity index is 341. The summed E-state index contributed by atoms with van der Waals surface area (Å²) in [5.74, 6) is -0.206. The van der Waals surface area contributed by atoms with E-state index in [4.69, 9.17) is 5.73 Å². The third kappa shape index (κ3) is 4.54. The predicted molar refractivity (Wildman–Crippen MR) is 67.4 cm³/mol. The highest BCUT2D eigenvalue weighted by Crippen LogP contribution is 2.03. The molecule has 0 saturated carbocycles. The summed E-state index contributed by atoms with van der Waals surface area (Å²) in [7, 11) is 0. The average molecular weight is 236 g/mol. The Labute approximate surface area is 102 Å². The van der Waals surface area contributed by atoms with Crippen LogP contribution in [0.2, 0.25) is 0 Å². The summed E-state index contributed by atoms with van der Waals surface area (Å²) in [4.78, 5) is 11.6. The molecular weight excluding hydrogens is 216 g/mol. The van der Waals surface area contributed by atoms with Crippen molar-refractivity contribution >= 4 is 5.91 Å². The fraction of sp³-hybridized carbons (Fsp3) is 0.462. The first-order valence-corrected chi connectivity index (χ1v) is 5.88. The molecule has 94 valence electrons. The van der Waals surface area contributed by atoms with Crippen molar-refractivity contribution in [3.63, 3.8) is 0 Å². The summed E-state index contributed by atoms with van der Waals surface area (Å²) in [6.07, 6.45) is 1.20. The largest absolute Gasteiger partial charge is 0.394 e. The number of hydrogen-bond acceptors (Lipinski definition) is 3. The molecule has 0 spiro atoms. The van der Waals surface area contributed by atoms with Gasteiger partial charge in [-0.15, -0.1) is 0 Å². The van der Waals surface area contributed by atoms with Gasteiger partial charge in [0.2, 0.25) is 5.91 Å².